The second-order valence-corrected chi connectivity index (χ2v) is 24.9. The number of H-pyrrole nitrogens is 5. The zero-order valence-corrected chi connectivity index (χ0v) is 56.4. The van der Waals surface area contributed by atoms with Gasteiger partial charge in [-0.25, -0.2) is 0 Å². The normalized spacial score (nSPS) is 10.8. The number of hydrogen-bond donors (Lipinski definition) is 10. The number of carboxylic acid groups (broad SMARTS) is 5. The van der Waals surface area contributed by atoms with E-state index < -0.39 is 29.8 Å². The first kappa shape index (κ1) is 69.7. The van der Waals surface area contributed by atoms with Crippen LogP contribution in [-0.4, -0.2) is 87.4 Å². The topological polar surface area (TPSA) is 275 Å². The van der Waals surface area contributed by atoms with Crippen LogP contribution in [0, 0.1) is 20.8 Å². The number of methoxy groups -OCH3 is 1. The maximum Gasteiger partial charge on any atom is 0.307 e. The summed E-state index contributed by atoms with van der Waals surface area (Å²) >= 11 is 6.01. The van der Waals surface area contributed by atoms with Crippen LogP contribution in [0.3, 0.4) is 0 Å². The number of hydrogen-bond acceptors (Lipinski definition) is 6. The van der Waals surface area contributed by atoms with E-state index >= 15 is 0 Å². The van der Waals surface area contributed by atoms with E-state index in [1.54, 1.807) is 38.1 Å². The predicted octanol–water partition coefficient (Wildman–Crippen LogP) is 18.9. The lowest BCUT2D eigenvalue weighted by Crippen LogP contribution is -1.98. The number of carbonyl (C=O) groups is 5. The van der Waals surface area contributed by atoms with Crippen LogP contribution in [0.2, 0.25) is 5.02 Å². The average Bonchev–Trinajstić information content (AvgIpc) is 1.76. The van der Waals surface area contributed by atoms with Crippen molar-refractivity contribution in [2.45, 2.75) is 52.9 Å². The standard InChI is InChI=1S/C18H17NO2.C17H15NO3.C17H15NO2.C16H12ClNO2.C16H13NO2/c1-11-3-4-13(7-12(11)2)14-5-6-17-16(8-14)15(10-19-17)9-18(20)21;1-21-14-4-2-3-11(7-14)12-5-6-16-15(8-12)13(10-18-16)9-17(19)20;1-11-3-2-4-12(7-11)13-5-6-16-15(8-13)14(10-18-16)9-17(19)20;17-13-3-1-2-10(6-13)11-4-5-15-14(7-11)12(9-18-15)8-16(19)20;18-16(19)9-13-10-17-15-7-6-12(8-14(13)15)11-4-2-1-3-5-11/h3-8,10,19H,9H2,1-2H3,(H,20,21);2-8,10,18H,9H2,1H3,(H,19,20);2-8,10,18H,9H2,1H3,(H,19,20);1-7,9,18H,8H2,(H,19,20);1-8,10,17H,9H2,(H,18,19). The highest BCUT2D eigenvalue weighted by molar-refractivity contribution is 6.30. The summed E-state index contributed by atoms with van der Waals surface area (Å²) in [5.41, 5.74) is 23.4. The van der Waals surface area contributed by atoms with Crippen LogP contribution in [0.15, 0.2) is 243 Å². The molecular weight excluding hydrogens is 1290 g/mol. The molecule has 0 fully saturated rings. The Balaban J connectivity index is 0.000000127. The van der Waals surface area contributed by atoms with Crippen LogP contribution in [0.5, 0.6) is 5.75 Å². The summed E-state index contributed by atoms with van der Waals surface area (Å²) in [7, 11) is 1.64. The van der Waals surface area contributed by atoms with Gasteiger partial charge < -0.3 is 55.2 Å². The van der Waals surface area contributed by atoms with Crippen LogP contribution in [0.1, 0.15) is 44.5 Å². The monoisotopic (exact) mass is 1360 g/mol. The molecule has 506 valence electrons. The van der Waals surface area contributed by atoms with E-state index in [-0.39, 0.29) is 32.1 Å². The van der Waals surface area contributed by atoms with E-state index in [1.807, 2.05) is 152 Å². The zero-order chi connectivity index (χ0) is 71.3. The molecule has 16 nitrogen and oxygen atoms in total. The molecule has 0 aliphatic carbocycles. The first-order valence-corrected chi connectivity index (χ1v) is 32.8. The van der Waals surface area contributed by atoms with E-state index in [2.05, 4.69) is 106 Å². The van der Waals surface area contributed by atoms with Crippen molar-refractivity contribution in [3.63, 3.8) is 0 Å². The second-order valence-electron chi connectivity index (χ2n) is 24.5. The van der Waals surface area contributed by atoms with Crippen LogP contribution >= 0.6 is 11.6 Å². The molecule has 0 amide bonds. The van der Waals surface area contributed by atoms with Crippen LogP contribution < -0.4 is 4.74 Å². The van der Waals surface area contributed by atoms with Gasteiger partial charge in [0.1, 0.15) is 5.75 Å². The minimum Gasteiger partial charge on any atom is -0.497 e. The third-order valence-corrected chi connectivity index (χ3v) is 17.6. The Kier molecular flexibility index (Phi) is 21.9. The van der Waals surface area contributed by atoms with Gasteiger partial charge in [0.2, 0.25) is 0 Å². The summed E-state index contributed by atoms with van der Waals surface area (Å²) in [4.78, 5) is 70.0. The van der Waals surface area contributed by atoms with Crippen molar-refractivity contribution in [2.75, 3.05) is 7.11 Å². The molecule has 5 heterocycles. The molecule has 0 saturated carbocycles. The fourth-order valence-corrected chi connectivity index (χ4v) is 12.4. The third-order valence-electron chi connectivity index (χ3n) is 17.4. The number of carboxylic acids is 5. The fraction of sp³-hybridized carbons (Fsp3) is 0.107. The third kappa shape index (κ3) is 17.6. The van der Waals surface area contributed by atoms with Gasteiger partial charge >= 0.3 is 29.8 Å². The summed E-state index contributed by atoms with van der Waals surface area (Å²) in [6.07, 6.45) is 8.98. The molecule has 0 atom stereocenters. The van der Waals surface area contributed by atoms with Crippen molar-refractivity contribution >= 4 is 96.0 Å². The van der Waals surface area contributed by atoms with E-state index in [4.69, 9.17) is 41.9 Å². The van der Waals surface area contributed by atoms with Gasteiger partial charge in [-0.3, -0.25) is 24.0 Å². The van der Waals surface area contributed by atoms with Gasteiger partial charge in [0, 0.05) is 90.5 Å². The number of aromatic nitrogens is 5. The first-order chi connectivity index (χ1) is 48.7. The molecule has 10 N–H and O–H groups in total. The molecule has 10 aromatic carbocycles. The maximum atomic E-state index is 10.9. The molecule has 0 bridgehead atoms. The van der Waals surface area contributed by atoms with Crippen molar-refractivity contribution in [1.29, 1.82) is 0 Å². The lowest BCUT2D eigenvalue weighted by atomic mass is 9.98. The quantitative estimate of drug-likeness (QED) is 0.0434. The Morgan fingerprint density at radius 3 is 0.941 bits per heavy atom. The number of aromatic amines is 5. The molecular formula is C84H72ClN5O11. The van der Waals surface area contributed by atoms with Crippen molar-refractivity contribution in [3.05, 3.63) is 293 Å². The van der Waals surface area contributed by atoms with Crippen LogP contribution in [0.25, 0.3) is 110 Å². The molecule has 0 unspecified atom stereocenters. The number of aliphatic carboxylic acids is 5. The Labute approximate surface area is 586 Å². The zero-order valence-electron chi connectivity index (χ0n) is 55.7. The molecule has 0 aliphatic rings. The number of aryl methyl sites for hydroxylation is 3. The summed E-state index contributed by atoms with van der Waals surface area (Å²) in [6, 6.07) is 70.4. The molecule has 101 heavy (non-hydrogen) atoms. The number of rotatable bonds is 16. The molecule has 17 heteroatoms. The van der Waals surface area contributed by atoms with Crippen molar-refractivity contribution in [1.82, 2.24) is 24.9 Å². The lowest BCUT2D eigenvalue weighted by Gasteiger charge is -2.06. The Bertz CT molecular complexity index is 5390. The van der Waals surface area contributed by atoms with Crippen LogP contribution in [-0.2, 0) is 56.1 Å². The van der Waals surface area contributed by atoms with Gasteiger partial charge in [-0.2, -0.15) is 0 Å². The maximum absolute atomic E-state index is 10.9. The number of benzene rings is 10. The SMILES string of the molecule is COc1cccc(-c2ccc3[nH]cc(CC(=O)O)c3c2)c1.Cc1ccc(-c2ccc3[nH]cc(CC(=O)O)c3c2)cc1C.Cc1cccc(-c2ccc3[nH]cc(CC(=O)O)c3c2)c1.O=C(O)Cc1c[nH]c2ccc(-c3cccc(Cl)c3)cc12.O=C(O)Cc1c[nH]c2ccc(-c3ccccc3)cc12. The van der Waals surface area contributed by atoms with Gasteiger partial charge in [0.05, 0.1) is 39.2 Å². The fourth-order valence-electron chi connectivity index (χ4n) is 12.2. The highest BCUT2D eigenvalue weighted by atomic mass is 35.5. The number of nitrogens with one attached hydrogen (secondary N) is 5. The summed E-state index contributed by atoms with van der Waals surface area (Å²) in [5, 5.41) is 50.3. The Hall–Kier alpha value is -12.7. The van der Waals surface area contributed by atoms with Crippen LogP contribution in [0.4, 0.5) is 0 Å². The van der Waals surface area contributed by atoms with Gasteiger partial charge in [0.25, 0.3) is 0 Å². The van der Waals surface area contributed by atoms with E-state index in [0.29, 0.717) is 5.02 Å². The summed E-state index contributed by atoms with van der Waals surface area (Å²) < 4.78 is 5.24. The van der Waals surface area contributed by atoms with E-state index in [0.717, 1.165) is 144 Å². The number of halogens is 1. The van der Waals surface area contributed by atoms with Gasteiger partial charge in [0.15, 0.2) is 0 Å². The number of fused-ring (bicyclic) bond motifs is 5. The van der Waals surface area contributed by atoms with Crippen molar-refractivity contribution in [3.8, 4) is 61.4 Å². The lowest BCUT2D eigenvalue weighted by molar-refractivity contribution is -0.137. The molecule has 15 rings (SSSR count). The highest BCUT2D eigenvalue weighted by Crippen LogP contribution is 2.34. The minimum absolute atomic E-state index is 0.0129. The van der Waals surface area contributed by atoms with E-state index in [9.17, 15) is 24.0 Å². The smallest absolute Gasteiger partial charge is 0.307 e. The summed E-state index contributed by atoms with van der Waals surface area (Å²) in [5.74, 6) is -3.31. The number of ether oxygens (including phenoxy) is 1. The van der Waals surface area contributed by atoms with Gasteiger partial charge in [-0.15, -0.1) is 0 Å². The minimum atomic E-state index is -0.834. The van der Waals surface area contributed by atoms with Gasteiger partial charge in [-0.05, 0) is 200 Å². The average molecular weight is 1360 g/mol. The van der Waals surface area contributed by atoms with Crippen molar-refractivity contribution < 1.29 is 54.2 Å². The molecule has 5 aromatic heterocycles. The second kappa shape index (κ2) is 31.7. The van der Waals surface area contributed by atoms with E-state index in [1.165, 1.54) is 16.7 Å². The molecule has 0 saturated heterocycles. The molecule has 15 aromatic rings. The highest BCUT2D eigenvalue weighted by Gasteiger charge is 2.15. The molecule has 0 radical (unpaired) electrons. The summed E-state index contributed by atoms with van der Waals surface area (Å²) in [6.45, 7) is 6.26. The molecule has 0 spiro atoms. The Morgan fingerprint density at radius 1 is 0.307 bits per heavy atom. The molecule has 0 aliphatic heterocycles. The predicted molar refractivity (Wildman–Crippen MR) is 401 cm³/mol. The largest absolute Gasteiger partial charge is 0.497 e. The van der Waals surface area contributed by atoms with Gasteiger partial charge in [-0.1, -0.05) is 145 Å². The van der Waals surface area contributed by atoms with Crippen molar-refractivity contribution in [2.24, 2.45) is 0 Å². The Morgan fingerprint density at radius 2 is 0.604 bits per heavy atom. The first-order valence-electron chi connectivity index (χ1n) is 32.4.